The third-order valence-electron chi connectivity index (χ3n) is 3.54. The van der Waals surface area contributed by atoms with E-state index in [1.54, 1.807) is 0 Å². The van der Waals surface area contributed by atoms with Crippen molar-refractivity contribution >= 4 is 0 Å². The molecule has 15 heavy (non-hydrogen) atoms. The molecule has 0 bridgehead atoms. The highest BCUT2D eigenvalue weighted by molar-refractivity contribution is 4.92. The fourth-order valence-electron chi connectivity index (χ4n) is 2.44. The molecule has 1 aliphatic heterocycles. The Labute approximate surface area is 90.9 Å². The molecule has 0 radical (unpaired) electrons. The highest BCUT2D eigenvalue weighted by Crippen LogP contribution is 2.29. The number of aliphatic hydroxyl groups is 1. The van der Waals surface area contributed by atoms with Crippen molar-refractivity contribution in [3.63, 3.8) is 0 Å². The van der Waals surface area contributed by atoms with Crippen molar-refractivity contribution in [2.24, 2.45) is 0 Å². The van der Waals surface area contributed by atoms with Crippen LogP contribution in [-0.4, -0.2) is 43.3 Å². The van der Waals surface area contributed by atoms with Gasteiger partial charge in [-0.25, -0.2) is 0 Å². The van der Waals surface area contributed by atoms with Crippen LogP contribution in [0.15, 0.2) is 0 Å². The van der Waals surface area contributed by atoms with Crippen LogP contribution in [-0.2, 0) is 9.47 Å². The predicted molar refractivity (Wildman–Crippen MR) is 56.6 cm³/mol. The fourth-order valence-corrected chi connectivity index (χ4v) is 2.44. The minimum absolute atomic E-state index is 0.0261. The van der Waals surface area contributed by atoms with Crippen LogP contribution in [0.5, 0.6) is 0 Å². The van der Waals surface area contributed by atoms with Gasteiger partial charge in [0.1, 0.15) is 6.79 Å². The Hall–Kier alpha value is -0.160. The molecule has 0 spiro atoms. The van der Waals surface area contributed by atoms with Crippen LogP contribution in [0.2, 0.25) is 0 Å². The summed E-state index contributed by atoms with van der Waals surface area (Å²) in [6.07, 6.45) is 5.83. The molecule has 1 saturated heterocycles. The van der Waals surface area contributed by atoms with Gasteiger partial charge in [-0.3, -0.25) is 0 Å². The SMILES string of the molecule is OCC1(NCC2CCOCO2)CCCC1. The molecule has 0 aromatic rings. The van der Waals surface area contributed by atoms with Gasteiger partial charge >= 0.3 is 0 Å². The van der Waals surface area contributed by atoms with Gasteiger partial charge in [0.25, 0.3) is 0 Å². The van der Waals surface area contributed by atoms with Gasteiger partial charge in [0.05, 0.1) is 19.3 Å². The monoisotopic (exact) mass is 215 g/mol. The highest BCUT2D eigenvalue weighted by Gasteiger charge is 2.33. The Kier molecular flexibility index (Phi) is 3.97. The number of hydrogen-bond acceptors (Lipinski definition) is 4. The summed E-state index contributed by atoms with van der Waals surface area (Å²) in [4.78, 5) is 0. The zero-order valence-electron chi connectivity index (χ0n) is 9.21. The highest BCUT2D eigenvalue weighted by atomic mass is 16.7. The van der Waals surface area contributed by atoms with Gasteiger partial charge in [0.15, 0.2) is 0 Å². The molecule has 2 rings (SSSR count). The Morgan fingerprint density at radius 3 is 2.73 bits per heavy atom. The van der Waals surface area contributed by atoms with Crippen LogP contribution < -0.4 is 5.32 Å². The van der Waals surface area contributed by atoms with E-state index in [2.05, 4.69) is 5.32 Å². The minimum Gasteiger partial charge on any atom is -0.394 e. The molecule has 1 unspecified atom stereocenters. The molecule has 0 aromatic heterocycles. The average Bonchev–Trinajstić information content (AvgIpc) is 2.77. The van der Waals surface area contributed by atoms with E-state index in [0.29, 0.717) is 6.79 Å². The van der Waals surface area contributed by atoms with E-state index in [9.17, 15) is 5.11 Å². The third-order valence-corrected chi connectivity index (χ3v) is 3.54. The van der Waals surface area contributed by atoms with E-state index >= 15 is 0 Å². The Balaban J connectivity index is 1.75. The first-order chi connectivity index (χ1) is 7.35. The van der Waals surface area contributed by atoms with Crippen LogP contribution in [0.1, 0.15) is 32.1 Å². The van der Waals surface area contributed by atoms with Gasteiger partial charge in [0.2, 0.25) is 0 Å². The molecule has 88 valence electrons. The van der Waals surface area contributed by atoms with E-state index in [1.807, 2.05) is 0 Å². The van der Waals surface area contributed by atoms with Gasteiger partial charge in [-0.15, -0.1) is 0 Å². The van der Waals surface area contributed by atoms with Crippen molar-refractivity contribution in [2.45, 2.75) is 43.7 Å². The Morgan fingerprint density at radius 1 is 1.33 bits per heavy atom. The van der Waals surface area contributed by atoms with Crippen molar-refractivity contribution in [3.05, 3.63) is 0 Å². The standard InChI is InChI=1S/C11H21NO3/c13-8-11(4-1-2-5-11)12-7-10-3-6-14-9-15-10/h10,12-13H,1-9H2. The lowest BCUT2D eigenvalue weighted by Gasteiger charge is -2.31. The van der Waals surface area contributed by atoms with Gasteiger partial charge < -0.3 is 19.9 Å². The minimum atomic E-state index is -0.0261. The van der Waals surface area contributed by atoms with Crippen molar-refractivity contribution < 1.29 is 14.6 Å². The van der Waals surface area contributed by atoms with E-state index in [0.717, 1.165) is 32.4 Å². The molecule has 0 amide bonds. The van der Waals surface area contributed by atoms with E-state index in [1.165, 1.54) is 12.8 Å². The molecule has 4 nitrogen and oxygen atoms in total. The third kappa shape index (κ3) is 2.91. The summed E-state index contributed by atoms with van der Waals surface area (Å²) in [6, 6.07) is 0. The van der Waals surface area contributed by atoms with E-state index < -0.39 is 0 Å². The molecule has 1 atom stereocenters. The average molecular weight is 215 g/mol. The summed E-state index contributed by atoms with van der Waals surface area (Å²) < 4.78 is 10.6. The summed E-state index contributed by atoms with van der Waals surface area (Å²) in [5, 5.41) is 12.9. The zero-order chi connectivity index (χ0) is 10.6. The number of rotatable bonds is 4. The van der Waals surface area contributed by atoms with Crippen molar-refractivity contribution in [1.82, 2.24) is 5.32 Å². The normalized spacial score (nSPS) is 30.6. The lowest BCUT2D eigenvalue weighted by atomic mass is 9.98. The van der Waals surface area contributed by atoms with Gasteiger partial charge in [-0.05, 0) is 19.3 Å². The van der Waals surface area contributed by atoms with E-state index in [-0.39, 0.29) is 18.2 Å². The maximum Gasteiger partial charge on any atom is 0.147 e. The summed E-state index contributed by atoms with van der Waals surface area (Å²) in [7, 11) is 0. The van der Waals surface area contributed by atoms with Crippen LogP contribution in [0.25, 0.3) is 0 Å². The molecule has 0 aromatic carbocycles. The summed E-state index contributed by atoms with van der Waals surface area (Å²) in [5.74, 6) is 0. The zero-order valence-corrected chi connectivity index (χ0v) is 9.21. The number of aliphatic hydroxyl groups excluding tert-OH is 1. The maximum atomic E-state index is 9.42. The van der Waals surface area contributed by atoms with Gasteiger partial charge in [-0.2, -0.15) is 0 Å². The molecule has 2 aliphatic rings. The fraction of sp³-hybridized carbons (Fsp3) is 1.00. The first kappa shape index (κ1) is 11.3. The van der Waals surface area contributed by atoms with Gasteiger partial charge in [-0.1, -0.05) is 12.8 Å². The second-order valence-electron chi connectivity index (χ2n) is 4.63. The molecule has 1 aliphatic carbocycles. The number of nitrogens with one attached hydrogen (secondary N) is 1. The Bertz CT molecular complexity index is 186. The number of ether oxygens (including phenoxy) is 2. The molecule has 2 fully saturated rings. The lowest BCUT2D eigenvalue weighted by Crippen LogP contribution is -2.50. The van der Waals surface area contributed by atoms with Crippen LogP contribution in [0.3, 0.4) is 0 Å². The summed E-state index contributed by atoms with van der Waals surface area (Å²) in [6.45, 7) is 2.29. The largest absolute Gasteiger partial charge is 0.394 e. The van der Waals surface area contributed by atoms with Gasteiger partial charge in [0, 0.05) is 12.1 Å². The van der Waals surface area contributed by atoms with Crippen LogP contribution in [0, 0.1) is 0 Å². The molecule has 1 saturated carbocycles. The first-order valence-corrected chi connectivity index (χ1v) is 5.90. The second kappa shape index (κ2) is 5.25. The molecular weight excluding hydrogens is 194 g/mol. The van der Waals surface area contributed by atoms with Crippen molar-refractivity contribution in [3.8, 4) is 0 Å². The maximum absolute atomic E-state index is 9.42. The molecule has 4 heteroatoms. The van der Waals surface area contributed by atoms with Crippen LogP contribution in [0.4, 0.5) is 0 Å². The lowest BCUT2D eigenvalue weighted by molar-refractivity contribution is -0.138. The van der Waals surface area contributed by atoms with Crippen molar-refractivity contribution in [1.29, 1.82) is 0 Å². The first-order valence-electron chi connectivity index (χ1n) is 5.90. The summed E-state index contributed by atoms with van der Waals surface area (Å²) in [5.41, 5.74) is -0.0261. The molecule has 1 heterocycles. The quantitative estimate of drug-likeness (QED) is 0.723. The number of hydrogen-bond donors (Lipinski definition) is 2. The Morgan fingerprint density at radius 2 is 2.13 bits per heavy atom. The second-order valence-corrected chi connectivity index (χ2v) is 4.63. The predicted octanol–water partition coefficient (Wildman–Crippen LogP) is 0.644. The van der Waals surface area contributed by atoms with E-state index in [4.69, 9.17) is 9.47 Å². The topological polar surface area (TPSA) is 50.7 Å². The summed E-state index contributed by atoms with van der Waals surface area (Å²) >= 11 is 0. The van der Waals surface area contributed by atoms with Crippen LogP contribution >= 0.6 is 0 Å². The smallest absolute Gasteiger partial charge is 0.147 e. The van der Waals surface area contributed by atoms with Crippen molar-refractivity contribution in [2.75, 3.05) is 26.6 Å². The molecular formula is C11H21NO3. The molecule has 2 N–H and O–H groups in total.